The molecule has 1 saturated heterocycles. The van der Waals surface area contributed by atoms with Gasteiger partial charge in [-0.1, -0.05) is 35.7 Å². The first-order valence-corrected chi connectivity index (χ1v) is 12.2. The van der Waals surface area contributed by atoms with Gasteiger partial charge >= 0.3 is 0 Å². The summed E-state index contributed by atoms with van der Waals surface area (Å²) in [5.41, 5.74) is 3.03. The van der Waals surface area contributed by atoms with E-state index in [9.17, 15) is 8.42 Å². The molecule has 1 aromatic heterocycles. The molecular weight excluding hydrogens is 412 g/mol. The van der Waals surface area contributed by atoms with Gasteiger partial charge in [-0.15, -0.1) is 0 Å². The molecule has 7 nitrogen and oxygen atoms in total. The van der Waals surface area contributed by atoms with E-state index in [-0.39, 0.29) is 10.8 Å². The number of sulfonamides is 1. The van der Waals surface area contributed by atoms with Crippen molar-refractivity contribution in [2.45, 2.75) is 50.5 Å². The lowest BCUT2D eigenvalue weighted by molar-refractivity contribution is 0.354. The number of hydrogen-bond donors (Lipinski definition) is 1. The molecular formula is C23H28N4O3S. The highest BCUT2D eigenvalue weighted by Crippen LogP contribution is 2.25. The number of benzene rings is 2. The molecule has 164 valence electrons. The number of hydrogen-bond acceptors (Lipinski definition) is 6. The van der Waals surface area contributed by atoms with E-state index in [1.165, 1.54) is 31.4 Å². The Balaban J connectivity index is 1.45. The van der Waals surface area contributed by atoms with Gasteiger partial charge in [-0.05, 0) is 63.1 Å². The minimum atomic E-state index is -3.68. The molecule has 1 atom stereocenters. The summed E-state index contributed by atoms with van der Waals surface area (Å²) < 4.78 is 33.2. The van der Waals surface area contributed by atoms with Crippen LogP contribution in [0, 0.1) is 6.92 Å². The second-order valence-electron chi connectivity index (χ2n) is 8.06. The van der Waals surface area contributed by atoms with E-state index in [4.69, 9.17) is 4.52 Å². The summed E-state index contributed by atoms with van der Waals surface area (Å²) in [4.78, 5) is 7.03. The molecule has 0 saturated carbocycles. The second-order valence-corrected chi connectivity index (χ2v) is 9.77. The molecule has 0 amide bonds. The molecule has 8 heteroatoms. The van der Waals surface area contributed by atoms with Crippen molar-refractivity contribution in [1.29, 1.82) is 0 Å². The third kappa shape index (κ3) is 5.14. The van der Waals surface area contributed by atoms with Gasteiger partial charge in [0.25, 0.3) is 0 Å². The molecule has 31 heavy (non-hydrogen) atoms. The molecule has 1 aliphatic heterocycles. The average Bonchev–Trinajstić information content (AvgIpc) is 3.10. The first-order valence-electron chi connectivity index (χ1n) is 10.7. The quantitative estimate of drug-likeness (QED) is 0.609. The molecule has 1 fully saturated rings. The Morgan fingerprint density at radius 1 is 0.968 bits per heavy atom. The van der Waals surface area contributed by atoms with E-state index < -0.39 is 16.1 Å². The molecule has 0 aliphatic carbocycles. The van der Waals surface area contributed by atoms with E-state index in [1.54, 1.807) is 31.2 Å². The Morgan fingerprint density at radius 2 is 1.61 bits per heavy atom. The summed E-state index contributed by atoms with van der Waals surface area (Å²) in [6.45, 7) is 5.77. The average molecular weight is 441 g/mol. The predicted molar refractivity (Wildman–Crippen MR) is 120 cm³/mol. The summed E-state index contributed by atoms with van der Waals surface area (Å²) in [6.07, 6.45) is 5.05. The highest BCUT2D eigenvalue weighted by Gasteiger charge is 2.23. The van der Waals surface area contributed by atoms with Gasteiger partial charge in [0.2, 0.25) is 21.7 Å². The molecule has 0 spiro atoms. The van der Waals surface area contributed by atoms with Crippen molar-refractivity contribution in [2.75, 3.05) is 18.0 Å². The van der Waals surface area contributed by atoms with E-state index in [0.717, 1.165) is 24.2 Å². The van der Waals surface area contributed by atoms with E-state index in [2.05, 4.69) is 31.9 Å². The van der Waals surface area contributed by atoms with Gasteiger partial charge in [0.05, 0.1) is 10.9 Å². The fourth-order valence-corrected chi connectivity index (χ4v) is 4.94. The minimum Gasteiger partial charge on any atom is -0.372 e. The van der Waals surface area contributed by atoms with Crippen molar-refractivity contribution >= 4 is 15.7 Å². The molecule has 0 bridgehead atoms. The number of rotatable bonds is 6. The zero-order valence-corrected chi connectivity index (χ0v) is 18.7. The van der Waals surface area contributed by atoms with Gasteiger partial charge in [0.1, 0.15) is 0 Å². The molecule has 2 heterocycles. The van der Waals surface area contributed by atoms with Crippen LogP contribution >= 0.6 is 0 Å². The lowest BCUT2D eigenvalue weighted by atomic mass is 10.2. The smallest absolute Gasteiger partial charge is 0.244 e. The van der Waals surface area contributed by atoms with Gasteiger partial charge in [-0.25, -0.2) is 8.42 Å². The number of aryl methyl sites for hydroxylation is 1. The first kappa shape index (κ1) is 21.5. The number of nitrogens with one attached hydrogen (secondary N) is 1. The summed E-state index contributed by atoms with van der Waals surface area (Å²) in [6, 6.07) is 14.2. The van der Waals surface area contributed by atoms with Crippen molar-refractivity contribution in [2.24, 2.45) is 0 Å². The number of anilines is 1. The van der Waals surface area contributed by atoms with E-state index in [1.807, 2.05) is 19.1 Å². The number of aromatic nitrogens is 2. The lowest BCUT2D eigenvalue weighted by Gasteiger charge is -2.22. The van der Waals surface area contributed by atoms with Crippen LogP contribution < -0.4 is 9.62 Å². The Morgan fingerprint density at radius 3 is 2.26 bits per heavy atom. The third-order valence-electron chi connectivity index (χ3n) is 5.57. The van der Waals surface area contributed by atoms with Crippen LogP contribution in [0.2, 0.25) is 0 Å². The first-order chi connectivity index (χ1) is 14.9. The van der Waals surface area contributed by atoms with Gasteiger partial charge in [-0.3, -0.25) is 0 Å². The zero-order chi connectivity index (χ0) is 21.8. The van der Waals surface area contributed by atoms with Crippen LogP contribution in [0.1, 0.15) is 50.1 Å². The Hall–Kier alpha value is -2.71. The Kier molecular flexibility index (Phi) is 6.38. The largest absolute Gasteiger partial charge is 0.372 e. The van der Waals surface area contributed by atoms with Gasteiger partial charge in [0.15, 0.2) is 0 Å². The predicted octanol–water partition coefficient (Wildman–Crippen LogP) is 4.46. The molecule has 1 aliphatic rings. The summed E-state index contributed by atoms with van der Waals surface area (Å²) in [7, 11) is -3.68. The minimum absolute atomic E-state index is 0.203. The molecule has 4 rings (SSSR count). The maximum atomic E-state index is 12.6. The molecule has 2 aromatic carbocycles. The van der Waals surface area contributed by atoms with Crippen LogP contribution in [-0.2, 0) is 10.0 Å². The fraction of sp³-hybridized carbons (Fsp3) is 0.391. The van der Waals surface area contributed by atoms with Gasteiger partial charge in [0, 0.05) is 24.3 Å². The monoisotopic (exact) mass is 440 g/mol. The third-order valence-corrected chi connectivity index (χ3v) is 7.13. The zero-order valence-electron chi connectivity index (χ0n) is 17.9. The second kappa shape index (κ2) is 9.20. The maximum absolute atomic E-state index is 12.6. The lowest BCUT2D eigenvalue weighted by Crippen LogP contribution is -2.27. The fourth-order valence-electron chi connectivity index (χ4n) is 3.75. The van der Waals surface area contributed by atoms with Gasteiger partial charge in [-0.2, -0.15) is 9.71 Å². The summed E-state index contributed by atoms with van der Waals surface area (Å²) in [5.74, 6) is 0.668. The van der Waals surface area contributed by atoms with Crippen LogP contribution in [0.4, 0.5) is 5.69 Å². The van der Waals surface area contributed by atoms with Gasteiger partial charge < -0.3 is 9.42 Å². The summed E-state index contributed by atoms with van der Waals surface area (Å²) >= 11 is 0. The highest BCUT2D eigenvalue weighted by molar-refractivity contribution is 7.89. The molecule has 0 radical (unpaired) electrons. The topological polar surface area (TPSA) is 88.3 Å². The number of nitrogens with zero attached hydrogens (tertiary/aromatic N) is 3. The Bertz CT molecular complexity index is 1100. The SMILES string of the molecule is Cc1ccc(S(=O)(=O)NC(C)c2nc(-c3ccc(N4CCCCCC4)cc3)no2)cc1. The van der Waals surface area contributed by atoms with Crippen molar-refractivity contribution in [3.8, 4) is 11.4 Å². The molecule has 1 N–H and O–H groups in total. The van der Waals surface area contributed by atoms with Crippen LogP contribution in [-0.4, -0.2) is 31.6 Å². The molecule has 1 unspecified atom stereocenters. The normalized spacial score (nSPS) is 16.1. The Labute approximate surface area is 183 Å². The van der Waals surface area contributed by atoms with Crippen LogP contribution in [0.15, 0.2) is 57.9 Å². The maximum Gasteiger partial charge on any atom is 0.244 e. The van der Waals surface area contributed by atoms with Crippen molar-refractivity contribution in [3.63, 3.8) is 0 Å². The van der Waals surface area contributed by atoms with Crippen molar-refractivity contribution in [1.82, 2.24) is 14.9 Å². The van der Waals surface area contributed by atoms with E-state index >= 15 is 0 Å². The van der Waals surface area contributed by atoms with Crippen LogP contribution in [0.3, 0.4) is 0 Å². The van der Waals surface area contributed by atoms with Crippen molar-refractivity contribution < 1.29 is 12.9 Å². The highest BCUT2D eigenvalue weighted by atomic mass is 32.2. The summed E-state index contributed by atoms with van der Waals surface area (Å²) in [5, 5.41) is 4.04. The van der Waals surface area contributed by atoms with Crippen LogP contribution in [0.25, 0.3) is 11.4 Å². The van der Waals surface area contributed by atoms with Crippen molar-refractivity contribution in [3.05, 3.63) is 60.0 Å². The molecule has 3 aromatic rings. The van der Waals surface area contributed by atoms with E-state index in [0.29, 0.717) is 5.82 Å². The standard InChI is InChI=1S/C23H28N4O3S/c1-17-7-13-21(14-8-17)31(28,29)26-18(2)23-24-22(25-30-23)19-9-11-20(12-10-19)27-15-5-3-4-6-16-27/h7-14,18,26H,3-6,15-16H2,1-2H3. The van der Waals surface area contributed by atoms with Crippen LogP contribution in [0.5, 0.6) is 0 Å².